The zero-order valence-corrected chi connectivity index (χ0v) is 11.4. The maximum atomic E-state index is 11.9. The molecule has 0 saturated carbocycles. The number of benzene rings is 1. The molecule has 0 aliphatic rings. The van der Waals surface area contributed by atoms with Gasteiger partial charge in [-0.3, -0.25) is 4.79 Å². The number of carbonyl (C=O) groups excluding carboxylic acids is 1. The van der Waals surface area contributed by atoms with E-state index in [1.165, 1.54) is 6.08 Å². The molecule has 0 saturated heterocycles. The Bertz CT molecular complexity index is 342. The van der Waals surface area contributed by atoms with E-state index in [-0.39, 0.29) is 5.78 Å². The van der Waals surface area contributed by atoms with Gasteiger partial charge in [-0.15, -0.1) is 6.58 Å². The summed E-state index contributed by atoms with van der Waals surface area (Å²) in [4.78, 5) is 11.9. The molecule has 1 rings (SSSR count). The standard InChI is InChI=1S/C12H16O3.C3H5O/c1-3-14-12(15-4-2)11(13)10-8-6-5-7-9-10;1-2-3-4/h5-9,12H,3-4H2,1-2H3;2-4H,1H2. The molecular formula is C15H21O4. The smallest absolute Gasteiger partial charge is 0.222 e. The Morgan fingerprint density at radius 1 is 1.26 bits per heavy atom. The van der Waals surface area contributed by atoms with Crippen LogP contribution in [-0.4, -0.2) is 30.4 Å². The van der Waals surface area contributed by atoms with E-state index in [1.54, 1.807) is 12.1 Å². The number of ketones is 1. The Balaban J connectivity index is 0.000000711. The Morgan fingerprint density at radius 3 is 2.11 bits per heavy atom. The minimum absolute atomic E-state index is 0.126. The van der Waals surface area contributed by atoms with Gasteiger partial charge in [-0.25, -0.2) is 0 Å². The third-order valence-electron chi connectivity index (χ3n) is 2.01. The molecule has 0 amide bonds. The molecule has 0 aliphatic carbocycles. The summed E-state index contributed by atoms with van der Waals surface area (Å²) in [5.41, 5.74) is 0.615. The van der Waals surface area contributed by atoms with Crippen LogP contribution in [0.5, 0.6) is 0 Å². The van der Waals surface area contributed by atoms with E-state index in [0.717, 1.165) is 6.61 Å². The van der Waals surface area contributed by atoms with Crippen LogP contribution in [0.2, 0.25) is 0 Å². The second-order valence-corrected chi connectivity index (χ2v) is 3.36. The van der Waals surface area contributed by atoms with Crippen molar-refractivity contribution in [2.75, 3.05) is 13.2 Å². The first-order valence-electron chi connectivity index (χ1n) is 6.12. The van der Waals surface area contributed by atoms with Gasteiger partial charge < -0.3 is 14.6 Å². The van der Waals surface area contributed by atoms with Crippen LogP contribution in [0.3, 0.4) is 0 Å². The molecule has 1 aromatic carbocycles. The first kappa shape index (κ1) is 17.5. The van der Waals surface area contributed by atoms with Crippen molar-refractivity contribution in [2.45, 2.75) is 20.1 Å². The van der Waals surface area contributed by atoms with Gasteiger partial charge in [0.05, 0.1) is 0 Å². The van der Waals surface area contributed by atoms with Crippen LogP contribution in [0.25, 0.3) is 0 Å². The lowest BCUT2D eigenvalue weighted by Gasteiger charge is -2.15. The topological polar surface area (TPSA) is 55.8 Å². The minimum atomic E-state index is -0.776. The van der Waals surface area contributed by atoms with Crippen molar-refractivity contribution in [1.82, 2.24) is 0 Å². The number of aliphatic hydroxyl groups is 1. The quantitative estimate of drug-likeness (QED) is 0.608. The summed E-state index contributed by atoms with van der Waals surface area (Å²) < 4.78 is 10.5. The van der Waals surface area contributed by atoms with Gasteiger partial charge >= 0.3 is 0 Å². The molecule has 0 atom stereocenters. The number of hydrogen-bond acceptors (Lipinski definition) is 4. The molecule has 0 heterocycles. The average molecular weight is 265 g/mol. The second kappa shape index (κ2) is 11.6. The lowest BCUT2D eigenvalue weighted by molar-refractivity contribution is -0.107. The van der Waals surface area contributed by atoms with Gasteiger partial charge in [0.1, 0.15) is 6.61 Å². The number of hydrogen-bond donors (Lipinski definition) is 1. The van der Waals surface area contributed by atoms with E-state index in [0.29, 0.717) is 18.8 Å². The van der Waals surface area contributed by atoms with E-state index in [4.69, 9.17) is 14.6 Å². The van der Waals surface area contributed by atoms with Crippen LogP contribution >= 0.6 is 0 Å². The van der Waals surface area contributed by atoms with Gasteiger partial charge in [-0.05, 0) is 13.8 Å². The summed E-state index contributed by atoms with van der Waals surface area (Å²) >= 11 is 0. The number of carbonyl (C=O) groups is 1. The highest BCUT2D eigenvalue weighted by atomic mass is 16.7. The Labute approximate surface area is 114 Å². The summed E-state index contributed by atoms with van der Waals surface area (Å²) in [5, 5.41) is 7.63. The molecule has 0 aromatic heterocycles. The van der Waals surface area contributed by atoms with Crippen molar-refractivity contribution < 1.29 is 19.4 Å². The van der Waals surface area contributed by atoms with Crippen LogP contribution < -0.4 is 0 Å². The van der Waals surface area contributed by atoms with Crippen molar-refractivity contribution in [3.63, 3.8) is 0 Å². The van der Waals surface area contributed by atoms with Crippen molar-refractivity contribution in [3.8, 4) is 0 Å². The van der Waals surface area contributed by atoms with Gasteiger partial charge in [-0.2, -0.15) is 0 Å². The number of Topliss-reactive ketones (excluding diaryl/α,β-unsaturated/α-hetero) is 1. The summed E-state index contributed by atoms with van der Waals surface area (Å²) in [6.45, 7) is 8.66. The van der Waals surface area contributed by atoms with Gasteiger partial charge in [0.15, 0.2) is 0 Å². The summed E-state index contributed by atoms with van der Waals surface area (Å²) in [6.07, 6.45) is 0.530. The first-order chi connectivity index (χ1) is 9.21. The van der Waals surface area contributed by atoms with E-state index in [9.17, 15) is 4.79 Å². The van der Waals surface area contributed by atoms with Crippen LogP contribution in [0, 0.1) is 6.61 Å². The largest absolute Gasteiger partial charge is 0.386 e. The molecule has 1 radical (unpaired) electrons. The Kier molecular flexibility index (Phi) is 10.7. The molecule has 4 nitrogen and oxygen atoms in total. The first-order valence-corrected chi connectivity index (χ1v) is 6.12. The molecular weight excluding hydrogens is 244 g/mol. The molecule has 1 aromatic rings. The fraction of sp³-hybridized carbons (Fsp3) is 0.333. The van der Waals surface area contributed by atoms with Crippen molar-refractivity contribution in [2.24, 2.45) is 0 Å². The third-order valence-corrected chi connectivity index (χ3v) is 2.01. The monoisotopic (exact) mass is 265 g/mol. The molecule has 19 heavy (non-hydrogen) atoms. The molecule has 0 fully saturated rings. The summed E-state index contributed by atoms with van der Waals surface area (Å²) in [7, 11) is 0. The molecule has 4 heteroatoms. The fourth-order valence-electron chi connectivity index (χ4n) is 1.24. The highest BCUT2D eigenvalue weighted by Gasteiger charge is 2.19. The van der Waals surface area contributed by atoms with E-state index >= 15 is 0 Å². The molecule has 0 aliphatic heterocycles. The SMILES string of the molecule is C=C[CH]O.CCOC(OCC)C(=O)c1ccccc1. The van der Waals surface area contributed by atoms with E-state index in [1.807, 2.05) is 32.0 Å². The van der Waals surface area contributed by atoms with Gasteiger partial charge in [-0.1, -0.05) is 36.4 Å². The zero-order valence-electron chi connectivity index (χ0n) is 11.4. The maximum Gasteiger partial charge on any atom is 0.222 e. The van der Waals surface area contributed by atoms with Gasteiger partial charge in [0, 0.05) is 18.8 Å². The van der Waals surface area contributed by atoms with Crippen molar-refractivity contribution >= 4 is 5.78 Å². The van der Waals surface area contributed by atoms with E-state index < -0.39 is 6.29 Å². The highest BCUT2D eigenvalue weighted by molar-refractivity contribution is 5.98. The predicted octanol–water partition coefficient (Wildman–Crippen LogP) is 2.98. The van der Waals surface area contributed by atoms with E-state index in [2.05, 4.69) is 6.58 Å². The summed E-state index contributed by atoms with van der Waals surface area (Å²) in [6, 6.07) is 9.03. The third kappa shape index (κ3) is 7.51. The summed E-state index contributed by atoms with van der Waals surface area (Å²) in [5.74, 6) is -0.126. The minimum Gasteiger partial charge on any atom is -0.386 e. The zero-order chi connectivity index (χ0) is 14.5. The van der Waals surface area contributed by atoms with Crippen LogP contribution in [0.1, 0.15) is 24.2 Å². The predicted molar refractivity (Wildman–Crippen MR) is 74.2 cm³/mol. The van der Waals surface area contributed by atoms with Crippen molar-refractivity contribution in [1.29, 1.82) is 0 Å². The molecule has 1 N–H and O–H groups in total. The van der Waals surface area contributed by atoms with Crippen LogP contribution in [0.15, 0.2) is 43.0 Å². The van der Waals surface area contributed by atoms with Gasteiger partial charge in [0.2, 0.25) is 12.1 Å². The van der Waals surface area contributed by atoms with Crippen LogP contribution in [-0.2, 0) is 9.47 Å². The number of rotatable bonds is 7. The van der Waals surface area contributed by atoms with Crippen LogP contribution in [0.4, 0.5) is 0 Å². The Hall–Kier alpha value is -1.49. The Morgan fingerprint density at radius 2 is 1.74 bits per heavy atom. The van der Waals surface area contributed by atoms with Gasteiger partial charge in [0.25, 0.3) is 0 Å². The molecule has 0 spiro atoms. The highest BCUT2D eigenvalue weighted by Crippen LogP contribution is 2.07. The number of ether oxygens (including phenoxy) is 2. The average Bonchev–Trinajstić information content (AvgIpc) is 2.47. The lowest BCUT2D eigenvalue weighted by atomic mass is 10.1. The lowest BCUT2D eigenvalue weighted by Crippen LogP contribution is -2.27. The molecule has 0 unspecified atom stereocenters. The number of aliphatic hydroxyl groups excluding tert-OH is 1. The second-order valence-electron chi connectivity index (χ2n) is 3.36. The normalized spacial score (nSPS) is 9.68. The molecule has 105 valence electrons. The fourth-order valence-corrected chi connectivity index (χ4v) is 1.24. The van der Waals surface area contributed by atoms with Crippen molar-refractivity contribution in [3.05, 3.63) is 55.2 Å². The molecule has 0 bridgehead atoms. The maximum absolute atomic E-state index is 11.9.